The highest BCUT2D eigenvalue weighted by atomic mass is 32.2. The predicted molar refractivity (Wildman–Crippen MR) is 85.8 cm³/mol. The lowest BCUT2D eigenvalue weighted by Gasteiger charge is -2.01. The lowest BCUT2D eigenvalue weighted by molar-refractivity contribution is 1.54. The third-order valence-corrected chi connectivity index (χ3v) is 3.59. The minimum atomic E-state index is 0.639. The van der Waals surface area contributed by atoms with Crippen LogP contribution in [0.2, 0.25) is 0 Å². The Bertz CT molecular complexity index is 658. The van der Waals surface area contributed by atoms with Gasteiger partial charge in [0.2, 0.25) is 0 Å². The molecule has 3 rings (SSSR count). The fourth-order valence-electron chi connectivity index (χ4n) is 1.61. The smallest absolute Gasteiger partial charge is 0.171 e. The standard InChI is InChI=1S/C14H10N4S2/c1-3-7-11(8-4-1)13-15-19-17-14(18-20-16-13)12-9-5-2-6-10-12/h1-10H. The van der Waals surface area contributed by atoms with E-state index in [1.54, 1.807) is 0 Å². The second kappa shape index (κ2) is 6.40. The summed E-state index contributed by atoms with van der Waals surface area (Å²) < 4.78 is 17.3. The first-order valence-corrected chi connectivity index (χ1v) is 7.41. The SMILES string of the molecule is c1ccc(C2=NSN=C(c3ccccc3)N=S=N2)cc1. The molecule has 0 aliphatic carbocycles. The molecule has 4 nitrogen and oxygen atoms in total. The summed E-state index contributed by atoms with van der Waals surface area (Å²) in [5.41, 5.74) is 1.92. The van der Waals surface area contributed by atoms with E-state index in [1.807, 2.05) is 60.7 Å². The van der Waals surface area contributed by atoms with Crippen LogP contribution in [0.3, 0.4) is 0 Å². The van der Waals surface area contributed by atoms with Crippen LogP contribution < -0.4 is 0 Å². The topological polar surface area (TPSA) is 49.4 Å². The second-order valence-corrected chi connectivity index (χ2v) is 4.96. The van der Waals surface area contributed by atoms with Crippen molar-refractivity contribution in [3.63, 3.8) is 0 Å². The number of rotatable bonds is 2. The van der Waals surface area contributed by atoms with Crippen LogP contribution in [-0.2, 0) is 11.4 Å². The van der Waals surface area contributed by atoms with Crippen molar-refractivity contribution in [1.82, 2.24) is 0 Å². The Labute approximate surface area is 124 Å². The molecule has 0 saturated heterocycles. The Morgan fingerprint density at radius 2 is 1.05 bits per heavy atom. The largest absolute Gasteiger partial charge is 0.183 e. The van der Waals surface area contributed by atoms with Gasteiger partial charge in [-0.2, -0.15) is 17.5 Å². The molecule has 2 aromatic rings. The van der Waals surface area contributed by atoms with Crippen LogP contribution in [0.5, 0.6) is 0 Å². The first-order chi connectivity index (χ1) is 9.93. The molecule has 0 spiro atoms. The third-order valence-electron chi connectivity index (χ3n) is 2.57. The van der Waals surface area contributed by atoms with Crippen molar-refractivity contribution in [2.24, 2.45) is 17.5 Å². The molecule has 0 fully saturated rings. The zero-order valence-electron chi connectivity index (χ0n) is 10.4. The minimum absolute atomic E-state index is 0.639. The fourth-order valence-corrected chi connectivity index (χ4v) is 2.69. The average molecular weight is 298 g/mol. The zero-order valence-corrected chi connectivity index (χ0v) is 12.0. The van der Waals surface area contributed by atoms with Crippen molar-refractivity contribution in [2.75, 3.05) is 0 Å². The summed E-state index contributed by atoms with van der Waals surface area (Å²) >= 11 is 2.22. The molecule has 0 N–H and O–H groups in total. The van der Waals surface area contributed by atoms with E-state index in [1.165, 1.54) is 0 Å². The molecule has 0 radical (unpaired) electrons. The van der Waals surface area contributed by atoms with Gasteiger partial charge in [0.05, 0.1) is 11.4 Å². The van der Waals surface area contributed by atoms with E-state index in [2.05, 4.69) is 17.5 Å². The van der Waals surface area contributed by atoms with Gasteiger partial charge in [0, 0.05) is 11.1 Å². The van der Waals surface area contributed by atoms with Crippen molar-refractivity contribution in [2.45, 2.75) is 0 Å². The van der Waals surface area contributed by atoms with E-state index in [9.17, 15) is 0 Å². The lowest BCUT2D eigenvalue weighted by Crippen LogP contribution is -1.98. The summed E-state index contributed by atoms with van der Waals surface area (Å²) in [6.07, 6.45) is 0. The van der Waals surface area contributed by atoms with Crippen LogP contribution in [-0.4, -0.2) is 11.7 Å². The first-order valence-electron chi connectivity index (χ1n) is 5.95. The molecule has 1 aliphatic rings. The molecule has 0 aromatic heterocycles. The van der Waals surface area contributed by atoms with Crippen molar-refractivity contribution >= 4 is 35.2 Å². The van der Waals surface area contributed by atoms with Crippen LogP contribution in [0.1, 0.15) is 11.1 Å². The van der Waals surface area contributed by atoms with Gasteiger partial charge in [-0.15, -0.1) is 0 Å². The molecule has 20 heavy (non-hydrogen) atoms. The van der Waals surface area contributed by atoms with Crippen molar-refractivity contribution in [3.05, 3.63) is 71.8 Å². The van der Waals surface area contributed by atoms with Gasteiger partial charge in [-0.3, -0.25) is 0 Å². The Morgan fingerprint density at radius 3 is 1.50 bits per heavy atom. The van der Waals surface area contributed by atoms with Gasteiger partial charge in [-0.05, 0) is 0 Å². The van der Waals surface area contributed by atoms with Crippen LogP contribution in [0.15, 0.2) is 78.2 Å². The van der Waals surface area contributed by atoms with Gasteiger partial charge in [-0.1, -0.05) is 60.7 Å². The first kappa shape index (κ1) is 13.0. The maximum atomic E-state index is 4.33. The average Bonchev–Trinajstić information content (AvgIpc) is 2.49. The predicted octanol–water partition coefficient (Wildman–Crippen LogP) is 3.91. The fraction of sp³-hybridized carbons (Fsp3) is 0. The second-order valence-electron chi connectivity index (χ2n) is 3.91. The molecule has 2 aromatic carbocycles. The van der Waals surface area contributed by atoms with Crippen molar-refractivity contribution in [1.29, 1.82) is 0 Å². The van der Waals surface area contributed by atoms with Gasteiger partial charge in [-0.25, -0.2) is 0 Å². The van der Waals surface area contributed by atoms with Gasteiger partial charge >= 0.3 is 0 Å². The van der Waals surface area contributed by atoms with E-state index in [0.29, 0.717) is 11.7 Å². The Kier molecular flexibility index (Phi) is 4.15. The monoisotopic (exact) mass is 298 g/mol. The van der Waals surface area contributed by atoms with E-state index in [4.69, 9.17) is 0 Å². The Balaban J connectivity index is 1.89. The molecule has 0 saturated carbocycles. The molecule has 6 heteroatoms. The quantitative estimate of drug-likeness (QED) is 0.775. The molecule has 98 valence electrons. The maximum Gasteiger partial charge on any atom is 0.183 e. The van der Waals surface area contributed by atoms with E-state index in [0.717, 1.165) is 34.6 Å². The molecular weight excluding hydrogens is 288 g/mol. The van der Waals surface area contributed by atoms with Crippen molar-refractivity contribution in [3.8, 4) is 0 Å². The third kappa shape index (κ3) is 3.09. The highest BCUT2D eigenvalue weighted by molar-refractivity contribution is 7.97. The highest BCUT2D eigenvalue weighted by Gasteiger charge is 2.05. The number of amidine groups is 2. The molecule has 1 heterocycles. The van der Waals surface area contributed by atoms with E-state index < -0.39 is 0 Å². The van der Waals surface area contributed by atoms with Gasteiger partial charge in [0.15, 0.2) is 11.7 Å². The molecule has 0 bridgehead atoms. The number of nitrogens with zero attached hydrogens (tertiary/aromatic N) is 4. The molecule has 0 unspecified atom stereocenters. The minimum Gasteiger partial charge on any atom is -0.171 e. The van der Waals surface area contributed by atoms with Crippen LogP contribution in [0.25, 0.3) is 0 Å². The summed E-state index contributed by atoms with van der Waals surface area (Å²) in [5.74, 6) is 1.28. The Morgan fingerprint density at radius 1 is 0.600 bits per heavy atom. The lowest BCUT2D eigenvalue weighted by atomic mass is 10.2. The summed E-state index contributed by atoms with van der Waals surface area (Å²) in [4.78, 5) is 0. The summed E-state index contributed by atoms with van der Waals surface area (Å²) in [6, 6.07) is 19.6. The van der Waals surface area contributed by atoms with Crippen LogP contribution in [0, 0.1) is 0 Å². The van der Waals surface area contributed by atoms with Gasteiger partial charge in [0.25, 0.3) is 0 Å². The van der Waals surface area contributed by atoms with Crippen LogP contribution in [0.4, 0.5) is 0 Å². The number of hydrogen-bond acceptors (Lipinski definition) is 5. The normalized spacial score (nSPS) is 14.6. The Hall–Kier alpha value is -2.05. The molecule has 1 aliphatic heterocycles. The van der Waals surface area contributed by atoms with Gasteiger partial charge in [0.1, 0.15) is 12.1 Å². The van der Waals surface area contributed by atoms with E-state index >= 15 is 0 Å². The highest BCUT2D eigenvalue weighted by Crippen LogP contribution is 2.15. The number of benzene rings is 2. The molecule has 0 atom stereocenters. The van der Waals surface area contributed by atoms with Crippen LogP contribution >= 0.6 is 12.1 Å². The van der Waals surface area contributed by atoms with Crippen molar-refractivity contribution < 1.29 is 0 Å². The number of hydrogen-bond donors (Lipinski definition) is 0. The molecular formula is C14H10N4S2. The summed E-state index contributed by atoms with van der Waals surface area (Å²) in [5, 5.41) is 0. The molecule has 0 amide bonds. The zero-order chi connectivity index (χ0) is 13.6. The van der Waals surface area contributed by atoms with Gasteiger partial charge < -0.3 is 0 Å². The van der Waals surface area contributed by atoms with E-state index in [-0.39, 0.29) is 0 Å². The maximum absolute atomic E-state index is 4.33. The summed E-state index contributed by atoms with van der Waals surface area (Å²) in [6.45, 7) is 0. The summed E-state index contributed by atoms with van der Waals surface area (Å²) in [7, 11) is 0.